The second kappa shape index (κ2) is 17.4. The summed E-state index contributed by atoms with van der Waals surface area (Å²) in [7, 11) is 3.27. The molecular formula is C40H47N3O7. The molecule has 1 heterocycles. The number of likely N-dealkylation sites (N-methyl/N-ethyl adjacent to an activating group) is 1. The van der Waals surface area contributed by atoms with Crippen LogP contribution in [-0.4, -0.2) is 66.0 Å². The Balaban J connectivity index is 1.34. The average Bonchev–Trinajstić information content (AvgIpc) is 3.15. The Labute approximate surface area is 294 Å². The molecule has 264 valence electrons. The molecule has 0 saturated carbocycles. The van der Waals surface area contributed by atoms with Crippen LogP contribution in [0.4, 0.5) is 10.5 Å². The van der Waals surface area contributed by atoms with Crippen LogP contribution in [0.15, 0.2) is 109 Å². The molecule has 0 aliphatic carbocycles. The van der Waals surface area contributed by atoms with Gasteiger partial charge in [0.25, 0.3) is 0 Å². The number of aliphatic hydroxyl groups excluding tert-OH is 2. The average molecular weight is 682 g/mol. The summed E-state index contributed by atoms with van der Waals surface area (Å²) < 4.78 is 18.2. The van der Waals surface area contributed by atoms with Crippen LogP contribution in [0.1, 0.15) is 60.2 Å². The minimum Gasteiger partial charge on any atom is -0.467 e. The van der Waals surface area contributed by atoms with Crippen LogP contribution in [-0.2, 0) is 32.0 Å². The molecule has 2 amide bonds. The summed E-state index contributed by atoms with van der Waals surface area (Å²) >= 11 is 0. The van der Waals surface area contributed by atoms with Crippen molar-refractivity contribution in [3.63, 3.8) is 0 Å². The molecule has 1 fully saturated rings. The monoisotopic (exact) mass is 681 g/mol. The summed E-state index contributed by atoms with van der Waals surface area (Å²) in [6.07, 6.45) is -1.81. The lowest BCUT2D eigenvalue weighted by molar-refractivity contribution is -0.276. The fraction of sp³-hybridized carbons (Fsp3) is 0.350. The number of hydrogen-bond acceptors (Lipinski definition) is 8. The van der Waals surface area contributed by atoms with Gasteiger partial charge in [-0.05, 0) is 48.4 Å². The van der Waals surface area contributed by atoms with E-state index in [2.05, 4.69) is 22.5 Å². The molecule has 10 heteroatoms. The number of aliphatic hydroxyl groups is 2. The van der Waals surface area contributed by atoms with Crippen LogP contribution >= 0.6 is 0 Å². The van der Waals surface area contributed by atoms with Gasteiger partial charge in [-0.1, -0.05) is 104 Å². The Morgan fingerprint density at radius 3 is 2.22 bits per heavy atom. The minimum absolute atomic E-state index is 0.0534. The molecule has 0 radical (unpaired) electrons. The fourth-order valence-electron chi connectivity index (χ4n) is 6.22. The summed E-state index contributed by atoms with van der Waals surface area (Å²) in [6.45, 7) is 4.55. The van der Waals surface area contributed by atoms with Gasteiger partial charge in [0.05, 0.1) is 32.0 Å². The number of rotatable bonds is 13. The Hall–Kier alpha value is -4.58. The molecule has 5 rings (SSSR count). The lowest BCUT2D eigenvalue weighted by atomic mass is 9.89. The van der Waals surface area contributed by atoms with Crippen molar-refractivity contribution in [2.24, 2.45) is 5.92 Å². The predicted molar refractivity (Wildman–Crippen MR) is 191 cm³/mol. The Kier molecular flexibility index (Phi) is 12.8. The van der Waals surface area contributed by atoms with Gasteiger partial charge in [0.1, 0.15) is 6.04 Å². The van der Waals surface area contributed by atoms with Gasteiger partial charge in [0, 0.05) is 36.2 Å². The molecule has 7 atom stereocenters. The summed E-state index contributed by atoms with van der Waals surface area (Å²) in [6, 6.07) is 32.3. The number of nitrogens with zero attached hydrogens (tertiary/aromatic N) is 1. The number of amides is 2. The summed E-state index contributed by atoms with van der Waals surface area (Å²) in [5.41, 5.74) is 4.68. The first-order chi connectivity index (χ1) is 24.2. The van der Waals surface area contributed by atoms with Crippen molar-refractivity contribution in [3.05, 3.63) is 137 Å². The highest BCUT2D eigenvalue weighted by Gasteiger charge is 2.39. The lowest BCUT2D eigenvalue weighted by Crippen LogP contribution is -2.46. The van der Waals surface area contributed by atoms with Gasteiger partial charge in [-0.25, -0.2) is 9.59 Å². The standard InChI is InChI=1S/C40H47N3O7/c1-26-35(24-43(3)27(2)36(45)30-14-9-6-10-15-30)49-39(50-37(26)31-20-18-29(25-44)19-21-31)32-16-11-17-33(23-32)41-40(47)42-34(38(46)48-4)22-28-12-7-5-8-13-28/h5-21,23,26-27,34-37,39,44-45H,22,24-25H2,1-4H3,(H2,41,42,47)/t26-,27-,34-,35+,36-,37+,39+/m0/s1. The van der Waals surface area contributed by atoms with Crippen LogP contribution in [0.3, 0.4) is 0 Å². The molecule has 4 N–H and O–H groups in total. The van der Waals surface area contributed by atoms with E-state index in [1.165, 1.54) is 7.11 Å². The van der Waals surface area contributed by atoms with Gasteiger partial charge in [0.2, 0.25) is 0 Å². The largest absolute Gasteiger partial charge is 0.467 e. The number of benzene rings is 4. The van der Waals surface area contributed by atoms with Crippen LogP contribution in [0.25, 0.3) is 0 Å². The zero-order chi connectivity index (χ0) is 35.6. The van der Waals surface area contributed by atoms with Gasteiger partial charge in [-0.15, -0.1) is 0 Å². The summed E-state index contributed by atoms with van der Waals surface area (Å²) in [5, 5.41) is 26.3. The zero-order valence-electron chi connectivity index (χ0n) is 28.9. The van der Waals surface area contributed by atoms with E-state index >= 15 is 0 Å². The van der Waals surface area contributed by atoms with E-state index in [4.69, 9.17) is 14.2 Å². The van der Waals surface area contributed by atoms with E-state index in [9.17, 15) is 19.8 Å². The molecule has 4 aromatic rings. The first-order valence-electron chi connectivity index (χ1n) is 16.9. The summed E-state index contributed by atoms with van der Waals surface area (Å²) in [4.78, 5) is 27.7. The number of anilines is 1. The molecular weight excluding hydrogens is 634 g/mol. The highest BCUT2D eigenvalue weighted by molar-refractivity contribution is 5.92. The second-order valence-electron chi connectivity index (χ2n) is 12.8. The van der Waals surface area contributed by atoms with E-state index in [-0.39, 0.29) is 37.2 Å². The van der Waals surface area contributed by atoms with E-state index in [1.54, 1.807) is 12.1 Å². The van der Waals surface area contributed by atoms with Crippen molar-refractivity contribution in [3.8, 4) is 0 Å². The van der Waals surface area contributed by atoms with Crippen LogP contribution in [0.5, 0.6) is 0 Å². The number of carbonyl (C=O) groups is 2. The number of hydrogen-bond donors (Lipinski definition) is 4. The van der Waals surface area contributed by atoms with Crippen molar-refractivity contribution in [1.82, 2.24) is 10.2 Å². The Bertz CT molecular complexity index is 1670. The third-order valence-electron chi connectivity index (χ3n) is 9.37. The number of methoxy groups -OCH3 is 1. The molecule has 1 aliphatic heterocycles. The second-order valence-corrected chi connectivity index (χ2v) is 12.8. The molecule has 0 spiro atoms. The first kappa shape index (κ1) is 36.7. The maximum absolute atomic E-state index is 13.1. The van der Waals surface area contributed by atoms with Crippen LogP contribution < -0.4 is 10.6 Å². The van der Waals surface area contributed by atoms with Crippen molar-refractivity contribution in [2.75, 3.05) is 26.0 Å². The normalized spacial score (nSPS) is 20.8. The number of ether oxygens (including phenoxy) is 3. The van der Waals surface area contributed by atoms with E-state index in [0.717, 1.165) is 22.3 Å². The molecule has 0 aromatic heterocycles. The quantitative estimate of drug-likeness (QED) is 0.128. The van der Waals surface area contributed by atoms with E-state index in [0.29, 0.717) is 17.8 Å². The number of urea groups is 1. The minimum atomic E-state index is -0.879. The van der Waals surface area contributed by atoms with Crippen molar-refractivity contribution in [1.29, 1.82) is 0 Å². The van der Waals surface area contributed by atoms with Crippen molar-refractivity contribution >= 4 is 17.7 Å². The topological polar surface area (TPSA) is 130 Å². The van der Waals surface area contributed by atoms with Crippen molar-refractivity contribution in [2.45, 2.75) is 63.6 Å². The smallest absolute Gasteiger partial charge is 0.328 e. The molecule has 1 saturated heterocycles. The highest BCUT2D eigenvalue weighted by Crippen LogP contribution is 2.42. The summed E-state index contributed by atoms with van der Waals surface area (Å²) in [5.74, 6) is -0.614. The molecule has 0 unspecified atom stereocenters. The number of carbonyl (C=O) groups excluding carboxylic acids is 2. The van der Waals surface area contributed by atoms with Gasteiger partial charge < -0.3 is 35.1 Å². The highest BCUT2D eigenvalue weighted by atomic mass is 16.7. The Morgan fingerprint density at radius 1 is 0.880 bits per heavy atom. The van der Waals surface area contributed by atoms with Crippen LogP contribution in [0, 0.1) is 5.92 Å². The number of esters is 1. The Morgan fingerprint density at radius 2 is 1.56 bits per heavy atom. The van der Waals surface area contributed by atoms with E-state index in [1.807, 2.05) is 111 Å². The van der Waals surface area contributed by atoms with Gasteiger partial charge >= 0.3 is 12.0 Å². The van der Waals surface area contributed by atoms with Gasteiger partial charge in [0.15, 0.2) is 6.29 Å². The molecule has 10 nitrogen and oxygen atoms in total. The number of nitrogens with one attached hydrogen (secondary N) is 2. The lowest BCUT2D eigenvalue weighted by Gasteiger charge is -2.43. The third-order valence-corrected chi connectivity index (χ3v) is 9.37. The molecule has 0 bridgehead atoms. The molecule has 1 aliphatic rings. The molecule has 4 aromatic carbocycles. The van der Waals surface area contributed by atoms with Crippen molar-refractivity contribution < 1.29 is 34.0 Å². The first-order valence-corrected chi connectivity index (χ1v) is 16.9. The maximum atomic E-state index is 13.1. The maximum Gasteiger partial charge on any atom is 0.328 e. The van der Waals surface area contributed by atoms with Gasteiger partial charge in [-0.3, -0.25) is 4.90 Å². The van der Waals surface area contributed by atoms with E-state index < -0.39 is 30.4 Å². The third kappa shape index (κ3) is 9.35. The predicted octanol–water partition coefficient (Wildman–Crippen LogP) is 5.93. The zero-order valence-corrected chi connectivity index (χ0v) is 28.9. The van der Waals surface area contributed by atoms with Crippen LogP contribution in [0.2, 0.25) is 0 Å². The SMILES string of the molecule is COC(=O)[C@H](Cc1ccccc1)NC(=O)Nc1cccc([C@@H]2O[C@H](CN(C)[C@@H](C)[C@H](O)c3ccccc3)[C@H](C)[C@H](c3ccc(CO)cc3)O2)c1. The van der Waals surface area contributed by atoms with Gasteiger partial charge in [-0.2, -0.15) is 0 Å². The molecule has 50 heavy (non-hydrogen) atoms. The fourth-order valence-corrected chi connectivity index (χ4v) is 6.22.